The molecule has 1 atom stereocenters. The lowest BCUT2D eigenvalue weighted by molar-refractivity contribution is 0.0696. The van der Waals surface area contributed by atoms with Crippen molar-refractivity contribution in [2.24, 2.45) is 0 Å². The predicted octanol–water partition coefficient (Wildman–Crippen LogP) is 4.97. The molecule has 0 spiro atoms. The Morgan fingerprint density at radius 1 is 0.906 bits per heavy atom. The van der Waals surface area contributed by atoms with Crippen LogP contribution in [0.1, 0.15) is 72.1 Å². The number of anilines is 1. The molecule has 2 aliphatic carbocycles. The number of nitrogen functional groups attached to an aromatic ring is 1. The number of nitrogens with two attached hydrogens (primary N) is 1. The van der Waals surface area contributed by atoms with Gasteiger partial charge in [-0.05, 0) is 99.4 Å². The Bertz CT molecular complexity index is 2390. The van der Waals surface area contributed by atoms with Crippen LogP contribution in [0.3, 0.4) is 0 Å². The molecule has 2 amide bonds. The fourth-order valence-corrected chi connectivity index (χ4v) is 7.69. The summed E-state index contributed by atoms with van der Waals surface area (Å²) in [5.74, 6) is -2.82. The van der Waals surface area contributed by atoms with Crippen LogP contribution in [0.5, 0.6) is 0 Å². The zero-order chi connectivity index (χ0) is 39.2. The molecule has 5 rings (SSSR count). The van der Waals surface area contributed by atoms with Crippen LogP contribution in [0.4, 0.5) is 10.5 Å². The number of aromatic carboxylic acids is 1. The molecule has 2 aromatic carbocycles. The summed E-state index contributed by atoms with van der Waals surface area (Å²) in [7, 11) is -10.4. The first-order valence-corrected chi connectivity index (χ1v) is 19.5. The monoisotopic (exact) mass is 770 g/mol. The Morgan fingerprint density at radius 2 is 1.62 bits per heavy atom. The lowest BCUT2D eigenvalue weighted by atomic mass is 9.89. The first-order chi connectivity index (χ1) is 25.6. The molecule has 16 nitrogen and oxygen atoms in total. The highest BCUT2D eigenvalue weighted by molar-refractivity contribution is 7.86. The van der Waals surface area contributed by atoms with Gasteiger partial charge in [0.2, 0.25) is 0 Å². The standard InChI is InChI=1S/C35H38N4O12S2/c36-26-15-13-23-28(24-14-16-27(37)32(53(47,48)49)30(24)51-29(23)31(26)52(44,45)46)25-19-20(11-12-22(25)34(41)42)33(40)38-17-7-4-8-18-39-35(43)50-21-9-5-2-1-3-6-10-21/h1-2,11-16,19,21,36H,3-10,17-18,37H2,(H,38,40)(H,39,43)(H,41,42)(H,44,45,46)(H,47,48,49)/b2-1?,36-26+. The van der Waals surface area contributed by atoms with Crippen molar-refractivity contribution in [3.63, 3.8) is 0 Å². The minimum atomic E-state index is -5.24. The predicted molar refractivity (Wildman–Crippen MR) is 192 cm³/mol. The summed E-state index contributed by atoms with van der Waals surface area (Å²) in [6, 6.07) is 8.18. The van der Waals surface area contributed by atoms with E-state index in [9.17, 15) is 45.4 Å². The van der Waals surface area contributed by atoms with E-state index in [1.54, 1.807) is 0 Å². The molecule has 0 saturated carbocycles. The summed E-state index contributed by atoms with van der Waals surface area (Å²) in [4.78, 5) is 36.0. The maximum Gasteiger partial charge on any atom is 0.407 e. The second-order valence-electron chi connectivity index (χ2n) is 12.4. The molecule has 8 N–H and O–H groups in total. The number of amides is 2. The van der Waals surface area contributed by atoms with Gasteiger partial charge in [0.15, 0.2) is 22.5 Å². The van der Waals surface area contributed by atoms with Gasteiger partial charge < -0.3 is 30.6 Å². The highest BCUT2D eigenvalue weighted by Crippen LogP contribution is 2.45. The summed E-state index contributed by atoms with van der Waals surface area (Å²) in [6.45, 7) is 0.603. The van der Waals surface area contributed by atoms with Gasteiger partial charge in [-0.2, -0.15) is 16.8 Å². The molecule has 53 heavy (non-hydrogen) atoms. The van der Waals surface area contributed by atoms with Gasteiger partial charge in [-0.1, -0.05) is 12.2 Å². The largest absolute Gasteiger partial charge is 0.478 e. The molecule has 1 heterocycles. The molecule has 18 heteroatoms. The molecule has 0 fully saturated rings. The topological polar surface area (TPSA) is 276 Å². The van der Waals surface area contributed by atoms with E-state index in [2.05, 4.69) is 28.2 Å². The third kappa shape index (κ3) is 9.02. The molecule has 0 radical (unpaired) electrons. The molecular weight excluding hydrogens is 733 g/mol. The van der Waals surface area contributed by atoms with Crippen LogP contribution in [0.15, 0.2) is 68.8 Å². The Balaban J connectivity index is 1.42. The SMILES string of the molecule is [H]/N=c1\ccc2c(-c3cc(C(=O)NCCCCCNC(=O)OC4CCC=CCCC4)ccc3C(=O)O)c3ccc(N)c(S(=O)(=O)O)c3oc-2c1S(=O)(=O)O. The first-order valence-electron chi connectivity index (χ1n) is 17.1. The smallest absolute Gasteiger partial charge is 0.407 e. The summed E-state index contributed by atoms with van der Waals surface area (Å²) in [5, 5.41) is 18.0. The number of nitrogens with one attached hydrogen (secondary N) is 3. The zero-order valence-electron chi connectivity index (χ0n) is 29.2. The van der Waals surface area contributed by atoms with Crippen LogP contribution in [-0.4, -0.2) is 68.2 Å². The fourth-order valence-electron chi connectivity index (χ4n) is 6.22. The number of carbonyl (C=O) groups is 3. The molecule has 282 valence electrons. The number of rotatable bonds is 12. The van der Waals surface area contributed by atoms with Gasteiger partial charge in [0, 0.05) is 35.2 Å². The molecule has 2 aromatic rings. The van der Waals surface area contributed by atoms with Gasteiger partial charge in [0.25, 0.3) is 26.1 Å². The van der Waals surface area contributed by atoms with E-state index in [1.807, 2.05) is 0 Å². The summed E-state index contributed by atoms with van der Waals surface area (Å²) in [5.41, 5.74) is 3.69. The minimum absolute atomic E-state index is 0.0237. The Morgan fingerprint density at radius 3 is 2.32 bits per heavy atom. The molecule has 0 saturated heterocycles. The average molecular weight is 771 g/mol. The third-order valence-electron chi connectivity index (χ3n) is 8.68. The zero-order valence-corrected chi connectivity index (χ0v) is 29.8. The number of carboxylic acid groups (broad SMARTS) is 1. The van der Waals surface area contributed by atoms with Crippen molar-refractivity contribution >= 4 is 54.9 Å². The van der Waals surface area contributed by atoms with Crippen LogP contribution < -0.4 is 21.7 Å². The lowest BCUT2D eigenvalue weighted by Crippen LogP contribution is -2.30. The number of carboxylic acids is 1. The number of hydrogen-bond acceptors (Lipinski definition) is 11. The van der Waals surface area contributed by atoms with Crippen LogP contribution in [-0.2, 0) is 25.0 Å². The van der Waals surface area contributed by atoms with Gasteiger partial charge in [-0.3, -0.25) is 19.3 Å². The lowest BCUT2D eigenvalue weighted by Gasteiger charge is -2.20. The summed E-state index contributed by atoms with van der Waals surface area (Å²) >= 11 is 0. The average Bonchev–Trinajstić information content (AvgIpc) is 3.09. The van der Waals surface area contributed by atoms with Gasteiger partial charge in [-0.25, -0.2) is 9.59 Å². The maximum absolute atomic E-state index is 13.3. The molecule has 1 aliphatic heterocycles. The molecule has 0 aromatic heterocycles. The van der Waals surface area contributed by atoms with E-state index < -0.39 is 75.9 Å². The number of benzene rings is 3. The number of ether oxygens (including phenoxy) is 1. The van der Waals surface area contributed by atoms with E-state index in [0.29, 0.717) is 25.8 Å². The van der Waals surface area contributed by atoms with Gasteiger partial charge in [0.05, 0.1) is 16.6 Å². The van der Waals surface area contributed by atoms with Crippen molar-refractivity contribution in [3.8, 4) is 22.5 Å². The molecular formula is C35H38N4O12S2. The van der Waals surface area contributed by atoms with E-state index in [-0.39, 0.29) is 40.3 Å². The normalized spacial score (nSPS) is 15.8. The van der Waals surface area contributed by atoms with Crippen molar-refractivity contribution < 1.29 is 56.0 Å². The first kappa shape index (κ1) is 37.5. The maximum atomic E-state index is 13.3. The second kappa shape index (κ2) is 16.2. The van der Waals surface area contributed by atoms with Crippen molar-refractivity contribution in [1.29, 1.82) is 5.40 Å². The van der Waals surface area contributed by atoms with Crippen molar-refractivity contribution in [2.45, 2.75) is 67.3 Å². The highest BCUT2D eigenvalue weighted by atomic mass is 32.2. The van der Waals surface area contributed by atoms with Gasteiger partial charge in [-0.15, -0.1) is 0 Å². The van der Waals surface area contributed by atoms with Crippen LogP contribution in [0, 0.1) is 5.40 Å². The summed E-state index contributed by atoms with van der Waals surface area (Å²) in [6.07, 6.45) is 9.82. The number of alkyl carbamates (subject to hydrolysis) is 1. The van der Waals surface area contributed by atoms with Crippen molar-refractivity contribution in [1.82, 2.24) is 10.6 Å². The number of unbranched alkanes of at least 4 members (excludes halogenated alkanes) is 2. The Labute approximate surface area is 305 Å². The summed E-state index contributed by atoms with van der Waals surface area (Å²) < 4.78 is 89.1. The Hall–Kier alpha value is -5.30. The number of fused-ring (bicyclic) bond motifs is 2. The number of hydrogen-bond donors (Lipinski definition) is 7. The Kier molecular flexibility index (Phi) is 11.4. The van der Waals surface area contributed by atoms with Crippen LogP contribution in [0.2, 0.25) is 1.41 Å². The minimum Gasteiger partial charge on any atom is -0.478 e. The van der Waals surface area contributed by atoms with E-state index in [1.165, 1.54) is 24.3 Å². The number of allylic oxidation sites excluding steroid dienone is 2. The molecule has 1 unspecified atom stereocenters. The molecule has 3 aliphatic rings. The van der Waals surface area contributed by atoms with Crippen LogP contribution in [0.25, 0.3) is 33.4 Å². The van der Waals surface area contributed by atoms with Crippen molar-refractivity contribution in [3.05, 3.63) is 71.1 Å². The van der Waals surface area contributed by atoms with E-state index in [4.69, 9.17) is 16.3 Å². The van der Waals surface area contributed by atoms with E-state index >= 15 is 0 Å². The quantitative estimate of drug-likeness (QED) is 0.0330. The van der Waals surface area contributed by atoms with Crippen molar-refractivity contribution in [2.75, 3.05) is 18.8 Å². The van der Waals surface area contributed by atoms with Crippen LogP contribution >= 0.6 is 0 Å². The second-order valence-corrected chi connectivity index (χ2v) is 15.1. The number of carbonyl (C=O) groups excluding carboxylic acids is 2. The molecule has 0 bridgehead atoms. The van der Waals surface area contributed by atoms with Gasteiger partial charge >= 0.3 is 12.1 Å². The van der Waals surface area contributed by atoms with Gasteiger partial charge in [0.1, 0.15) is 6.10 Å². The third-order valence-corrected chi connectivity index (χ3v) is 10.5. The fraction of sp³-hybridized carbons (Fsp3) is 0.314. The van der Waals surface area contributed by atoms with E-state index in [0.717, 1.165) is 50.3 Å². The highest BCUT2D eigenvalue weighted by Gasteiger charge is 2.32.